The van der Waals surface area contributed by atoms with E-state index in [1.807, 2.05) is 18.2 Å². The Hall–Kier alpha value is -2.34. The van der Waals surface area contributed by atoms with E-state index in [2.05, 4.69) is 31.1 Å². The monoisotopic (exact) mass is 395 g/mol. The van der Waals surface area contributed by atoms with Crippen LogP contribution < -0.4 is 5.56 Å². The molecule has 0 spiro atoms. The molecule has 28 heavy (non-hydrogen) atoms. The number of nitrogens with zero attached hydrogens (tertiary/aromatic N) is 3. The third-order valence-corrected chi connectivity index (χ3v) is 7.07. The minimum Gasteiger partial charge on any atom is -0.292 e. The predicted octanol–water partition coefficient (Wildman–Crippen LogP) is 4.45. The zero-order chi connectivity index (χ0) is 20.1. The summed E-state index contributed by atoms with van der Waals surface area (Å²) in [6, 6.07) is 8.33. The molecule has 2 atom stereocenters. The van der Waals surface area contributed by atoms with E-state index < -0.39 is 6.04 Å². The van der Waals surface area contributed by atoms with Gasteiger partial charge in [-0.2, -0.15) is 4.68 Å². The summed E-state index contributed by atoms with van der Waals surface area (Å²) in [5.74, 6) is 0.468. The third kappa shape index (κ3) is 3.20. The fraction of sp³-hybridized carbons (Fsp3) is 0.455. The maximum atomic E-state index is 13.2. The first-order chi connectivity index (χ1) is 13.3. The van der Waals surface area contributed by atoms with Gasteiger partial charge in [0.15, 0.2) is 10.6 Å². The average molecular weight is 396 g/mol. The third-order valence-electron chi connectivity index (χ3n) is 5.93. The minimum atomic E-state index is -0.687. The van der Waals surface area contributed by atoms with Gasteiger partial charge in [0, 0.05) is 10.4 Å². The van der Waals surface area contributed by atoms with E-state index in [1.54, 1.807) is 30.4 Å². The van der Waals surface area contributed by atoms with Crippen LogP contribution >= 0.6 is 11.3 Å². The van der Waals surface area contributed by atoms with Crippen LogP contribution in [0, 0.1) is 11.3 Å². The molecule has 0 unspecified atom stereocenters. The highest BCUT2D eigenvalue weighted by Gasteiger charge is 2.32. The van der Waals surface area contributed by atoms with Crippen molar-refractivity contribution < 1.29 is 4.79 Å². The Kier molecular flexibility index (Phi) is 4.70. The maximum Gasteiger partial charge on any atom is 0.279 e. The number of fused-ring (bicyclic) bond motifs is 3. The minimum absolute atomic E-state index is 0.131. The molecule has 1 aliphatic rings. The van der Waals surface area contributed by atoms with Crippen LogP contribution in [0.3, 0.4) is 0 Å². The molecule has 4 rings (SSSR count). The van der Waals surface area contributed by atoms with Crippen molar-refractivity contribution >= 4 is 27.3 Å². The van der Waals surface area contributed by atoms with Gasteiger partial charge in [-0.1, -0.05) is 56.3 Å². The largest absolute Gasteiger partial charge is 0.292 e. The van der Waals surface area contributed by atoms with Crippen molar-refractivity contribution in [1.29, 1.82) is 0 Å². The Morgan fingerprint density at radius 3 is 2.64 bits per heavy atom. The lowest BCUT2D eigenvalue weighted by molar-refractivity contribution is 0.0923. The van der Waals surface area contributed by atoms with Crippen LogP contribution in [0.4, 0.5) is 0 Å². The molecule has 1 aromatic carbocycles. The summed E-state index contributed by atoms with van der Waals surface area (Å²) >= 11 is 1.59. The number of thiophene rings is 1. The molecule has 1 aliphatic carbocycles. The van der Waals surface area contributed by atoms with E-state index in [9.17, 15) is 9.59 Å². The second kappa shape index (κ2) is 6.92. The molecule has 3 aromatic rings. The van der Waals surface area contributed by atoms with Crippen molar-refractivity contribution in [3.05, 3.63) is 56.7 Å². The van der Waals surface area contributed by atoms with Crippen LogP contribution in [-0.4, -0.2) is 20.8 Å². The van der Waals surface area contributed by atoms with Gasteiger partial charge in [0.05, 0.1) is 5.39 Å². The summed E-state index contributed by atoms with van der Waals surface area (Å²) in [4.78, 5) is 28.0. The van der Waals surface area contributed by atoms with Gasteiger partial charge in [0.1, 0.15) is 6.04 Å². The second-order valence-electron chi connectivity index (χ2n) is 8.74. The molecule has 0 N–H and O–H groups in total. The fourth-order valence-electron chi connectivity index (χ4n) is 4.05. The first-order valence-electron chi connectivity index (χ1n) is 9.76. The van der Waals surface area contributed by atoms with Gasteiger partial charge in [0.2, 0.25) is 0 Å². The van der Waals surface area contributed by atoms with E-state index in [1.165, 1.54) is 9.56 Å². The number of hydrogen-bond donors (Lipinski definition) is 0. The molecule has 6 heteroatoms. The quantitative estimate of drug-likeness (QED) is 0.615. The van der Waals surface area contributed by atoms with Gasteiger partial charge in [-0.25, -0.2) is 0 Å². The number of Topliss-reactive ketones (excluding diaryl/α,β-unsaturated/α-hetero) is 1. The van der Waals surface area contributed by atoms with E-state index in [-0.39, 0.29) is 16.8 Å². The second-order valence-corrected chi connectivity index (χ2v) is 9.82. The van der Waals surface area contributed by atoms with Crippen molar-refractivity contribution in [2.45, 2.75) is 53.0 Å². The number of hydrogen-bond acceptors (Lipinski definition) is 5. The zero-order valence-corrected chi connectivity index (χ0v) is 17.5. The Labute approximate surface area is 168 Å². The molecular weight excluding hydrogens is 370 g/mol. The van der Waals surface area contributed by atoms with Crippen LogP contribution in [0.25, 0.3) is 10.2 Å². The van der Waals surface area contributed by atoms with Crippen LogP contribution in [0.2, 0.25) is 0 Å². The summed E-state index contributed by atoms with van der Waals surface area (Å²) in [5.41, 5.74) is 1.74. The lowest BCUT2D eigenvalue weighted by atomic mass is 9.72. The number of ketones is 1. The van der Waals surface area contributed by atoms with Crippen molar-refractivity contribution in [2.24, 2.45) is 11.3 Å². The molecule has 5 nitrogen and oxygen atoms in total. The molecule has 2 aromatic heterocycles. The lowest BCUT2D eigenvalue weighted by Gasteiger charge is -2.33. The predicted molar refractivity (Wildman–Crippen MR) is 112 cm³/mol. The highest BCUT2D eigenvalue weighted by Crippen LogP contribution is 2.41. The number of aryl methyl sites for hydroxylation is 1. The molecule has 0 radical (unpaired) electrons. The molecule has 0 saturated heterocycles. The molecule has 0 saturated carbocycles. The van der Waals surface area contributed by atoms with E-state index in [4.69, 9.17) is 0 Å². The van der Waals surface area contributed by atoms with Crippen LogP contribution in [-0.2, 0) is 12.8 Å². The number of aromatic nitrogens is 3. The van der Waals surface area contributed by atoms with Gasteiger partial charge in [0.25, 0.3) is 5.56 Å². The van der Waals surface area contributed by atoms with Crippen LogP contribution in [0.5, 0.6) is 0 Å². The molecule has 2 heterocycles. The average Bonchev–Trinajstić information content (AvgIpc) is 3.05. The Bertz CT molecular complexity index is 1090. The van der Waals surface area contributed by atoms with Crippen molar-refractivity contribution in [3.8, 4) is 0 Å². The van der Waals surface area contributed by atoms with E-state index >= 15 is 0 Å². The van der Waals surface area contributed by atoms with Gasteiger partial charge >= 0.3 is 0 Å². The van der Waals surface area contributed by atoms with Gasteiger partial charge in [-0.3, -0.25) is 9.59 Å². The normalized spacial score (nSPS) is 18.1. The van der Waals surface area contributed by atoms with Crippen LogP contribution in [0.15, 0.2) is 35.1 Å². The number of carbonyl (C=O) groups excluding carboxylic acids is 1. The molecule has 0 amide bonds. The number of carbonyl (C=O) groups is 1. The van der Waals surface area contributed by atoms with Crippen molar-refractivity contribution in [1.82, 2.24) is 15.0 Å². The topological polar surface area (TPSA) is 64.8 Å². The number of benzene rings is 1. The lowest BCUT2D eigenvalue weighted by Crippen LogP contribution is -2.32. The summed E-state index contributed by atoms with van der Waals surface area (Å²) < 4.78 is 1.25. The zero-order valence-electron chi connectivity index (χ0n) is 16.7. The first kappa shape index (κ1) is 19.0. The highest BCUT2D eigenvalue weighted by molar-refractivity contribution is 7.18. The summed E-state index contributed by atoms with van der Waals surface area (Å²) in [7, 11) is 0. The maximum absolute atomic E-state index is 13.2. The number of rotatable bonds is 3. The standard InChI is InChI=1S/C22H25N3O2S/c1-13(19(26)14-8-6-5-7-9-14)25-21(27)18-16-11-10-15(22(2,3)4)12-17(16)28-20(18)23-24-25/h5-9,13,15H,10-12H2,1-4H3/t13-,15+/m1/s1. The van der Waals surface area contributed by atoms with Crippen LogP contribution in [0.1, 0.15) is 61.0 Å². The fourth-order valence-corrected chi connectivity index (χ4v) is 5.29. The summed E-state index contributed by atoms with van der Waals surface area (Å²) in [6.45, 7) is 8.55. The molecule has 0 aliphatic heterocycles. The van der Waals surface area contributed by atoms with Crippen molar-refractivity contribution in [2.75, 3.05) is 0 Å². The van der Waals surface area contributed by atoms with Crippen molar-refractivity contribution in [3.63, 3.8) is 0 Å². The molecule has 0 bridgehead atoms. The molecule has 0 fully saturated rings. The Morgan fingerprint density at radius 2 is 1.96 bits per heavy atom. The SMILES string of the molecule is C[C@H](C(=O)c1ccccc1)n1nnc2sc3c(c2c1=O)CC[C@H](C(C)(C)C)C3. The summed E-state index contributed by atoms with van der Waals surface area (Å²) in [5, 5.41) is 9.08. The molecular formula is C22H25N3O2S. The molecule has 146 valence electrons. The smallest absolute Gasteiger partial charge is 0.279 e. The Balaban J connectivity index is 1.74. The van der Waals surface area contributed by atoms with Gasteiger partial charge in [-0.15, -0.1) is 16.4 Å². The van der Waals surface area contributed by atoms with E-state index in [0.29, 0.717) is 21.7 Å². The van der Waals surface area contributed by atoms with Gasteiger partial charge in [-0.05, 0) is 43.1 Å². The first-order valence-corrected chi connectivity index (χ1v) is 10.6. The highest BCUT2D eigenvalue weighted by atomic mass is 32.1. The van der Waals surface area contributed by atoms with Gasteiger partial charge < -0.3 is 0 Å². The Morgan fingerprint density at radius 1 is 1.25 bits per heavy atom. The summed E-state index contributed by atoms with van der Waals surface area (Å²) in [6.07, 6.45) is 2.94. The van der Waals surface area contributed by atoms with E-state index in [0.717, 1.165) is 24.8 Å².